The summed E-state index contributed by atoms with van der Waals surface area (Å²) in [5, 5.41) is 8.33. The number of fused-ring (bicyclic) bond motifs is 1. The van der Waals surface area contributed by atoms with Gasteiger partial charge in [-0.05, 0) is 0 Å². The molecule has 12 nitrogen and oxygen atoms in total. The van der Waals surface area contributed by atoms with Crippen LogP contribution >= 0.6 is 0 Å². The average Bonchev–Trinajstić information content (AvgIpc) is 2.90. The number of carboxylic acid groups (broad SMARTS) is 1. The van der Waals surface area contributed by atoms with Gasteiger partial charge in [0, 0.05) is 0 Å². The Morgan fingerprint density at radius 1 is 1.29 bits per heavy atom. The van der Waals surface area contributed by atoms with E-state index >= 15 is 0 Å². The lowest BCUT2D eigenvalue weighted by Crippen LogP contribution is -2.19. The predicted octanol–water partition coefficient (Wildman–Crippen LogP) is -1.68. The summed E-state index contributed by atoms with van der Waals surface area (Å²) in [5.74, 6) is -1.91. The lowest BCUT2D eigenvalue weighted by molar-refractivity contribution is -0.154. The Labute approximate surface area is 134 Å². The Morgan fingerprint density at radius 2 is 2.08 bits per heavy atom. The molecule has 0 saturated heterocycles. The lowest BCUT2D eigenvalue weighted by Gasteiger charge is -2.07. The zero-order valence-corrected chi connectivity index (χ0v) is 12.4. The highest BCUT2D eigenvalue weighted by Gasteiger charge is 2.09. The molecule has 0 fully saturated rings. The predicted molar refractivity (Wildman–Crippen MR) is 77.9 cm³/mol. The highest BCUT2D eigenvalue weighted by molar-refractivity contribution is 5.72. The van der Waals surface area contributed by atoms with E-state index in [9.17, 15) is 14.4 Å². The smallest absolute Gasteiger partial charge is 0.332 e. The van der Waals surface area contributed by atoms with E-state index in [0.717, 1.165) is 0 Å². The molecular formula is C12H15N5O7. The minimum atomic E-state index is -1.17. The third-order valence-corrected chi connectivity index (χ3v) is 2.66. The Bertz CT molecular complexity index is 784. The van der Waals surface area contributed by atoms with Gasteiger partial charge in [-0.25, -0.2) is 14.6 Å². The molecule has 0 aliphatic heterocycles. The number of nitrogens with one attached hydrogen (secondary N) is 1. The molecule has 2 aromatic rings. The van der Waals surface area contributed by atoms with E-state index in [1.54, 1.807) is 0 Å². The molecule has 0 bridgehead atoms. The zero-order valence-electron chi connectivity index (χ0n) is 12.4. The number of nitrogen functional groups attached to an aromatic ring is 1. The van der Waals surface area contributed by atoms with Crippen LogP contribution in [0, 0.1) is 0 Å². The molecule has 0 aliphatic carbocycles. The monoisotopic (exact) mass is 341 g/mol. The van der Waals surface area contributed by atoms with E-state index in [2.05, 4.69) is 19.7 Å². The molecule has 2 aromatic heterocycles. The maximum atomic E-state index is 11.6. The number of aromatic amines is 1. The van der Waals surface area contributed by atoms with Crippen molar-refractivity contribution >= 4 is 29.1 Å². The number of nitrogens with two attached hydrogens (primary N) is 1. The summed E-state index contributed by atoms with van der Waals surface area (Å²) in [7, 11) is 0. The van der Waals surface area contributed by atoms with E-state index < -0.39 is 30.7 Å². The van der Waals surface area contributed by atoms with Crippen molar-refractivity contribution in [2.45, 2.75) is 6.73 Å². The van der Waals surface area contributed by atoms with E-state index in [-0.39, 0.29) is 37.1 Å². The molecule has 12 heteroatoms. The summed E-state index contributed by atoms with van der Waals surface area (Å²) >= 11 is 0. The molecule has 4 N–H and O–H groups in total. The number of nitrogens with zero attached hydrogens (tertiary/aromatic N) is 3. The van der Waals surface area contributed by atoms with Crippen molar-refractivity contribution in [3.63, 3.8) is 0 Å². The molecule has 0 amide bonds. The van der Waals surface area contributed by atoms with Gasteiger partial charge in [-0.15, -0.1) is 0 Å². The fourth-order valence-electron chi connectivity index (χ4n) is 1.71. The summed E-state index contributed by atoms with van der Waals surface area (Å²) in [6.45, 7) is -0.973. The third-order valence-electron chi connectivity index (χ3n) is 2.66. The molecule has 24 heavy (non-hydrogen) atoms. The van der Waals surface area contributed by atoms with Crippen LogP contribution in [0.2, 0.25) is 0 Å². The van der Waals surface area contributed by atoms with Crippen LogP contribution in [0.1, 0.15) is 0 Å². The number of hydrogen-bond acceptors (Lipinski definition) is 9. The van der Waals surface area contributed by atoms with Crippen molar-refractivity contribution in [1.29, 1.82) is 0 Å². The number of imidazole rings is 1. The largest absolute Gasteiger partial charge is 0.480 e. The first kappa shape index (κ1) is 17.4. The maximum absolute atomic E-state index is 11.6. The number of esters is 1. The number of aromatic nitrogens is 4. The SMILES string of the molecule is Nc1nc2c(ncn2COCCOC(=O)COCC(=O)O)c(=O)[nH]1. The van der Waals surface area contributed by atoms with Crippen molar-refractivity contribution in [2.24, 2.45) is 0 Å². The van der Waals surface area contributed by atoms with Crippen LogP contribution in [0.4, 0.5) is 5.95 Å². The second-order valence-electron chi connectivity index (χ2n) is 4.48. The molecule has 0 aliphatic rings. The van der Waals surface area contributed by atoms with Gasteiger partial charge in [-0.2, -0.15) is 4.98 Å². The van der Waals surface area contributed by atoms with E-state index in [1.165, 1.54) is 10.9 Å². The van der Waals surface area contributed by atoms with E-state index in [1.807, 2.05) is 0 Å². The molecular weight excluding hydrogens is 326 g/mol. The molecule has 0 saturated carbocycles. The van der Waals surface area contributed by atoms with Crippen LogP contribution in [-0.4, -0.2) is 63.0 Å². The highest BCUT2D eigenvalue weighted by atomic mass is 16.6. The van der Waals surface area contributed by atoms with Gasteiger partial charge >= 0.3 is 11.9 Å². The van der Waals surface area contributed by atoms with Crippen LogP contribution < -0.4 is 11.3 Å². The highest BCUT2D eigenvalue weighted by Crippen LogP contribution is 2.06. The van der Waals surface area contributed by atoms with Crippen LogP contribution in [0.5, 0.6) is 0 Å². The standard InChI is InChI=1S/C12H15N5O7/c13-12-15-10-9(11(21)16-12)14-5-17(10)6-22-1-2-24-8(20)4-23-3-7(18)19/h5H,1-4,6H2,(H,18,19)(H3,13,15,16,21). The molecule has 0 atom stereocenters. The van der Waals surface area contributed by atoms with Crippen molar-refractivity contribution in [3.05, 3.63) is 16.7 Å². The van der Waals surface area contributed by atoms with Gasteiger partial charge in [0.05, 0.1) is 12.9 Å². The van der Waals surface area contributed by atoms with Crippen LogP contribution in [0.15, 0.2) is 11.1 Å². The molecule has 0 aromatic carbocycles. The summed E-state index contributed by atoms with van der Waals surface area (Å²) in [5.41, 5.74) is 5.42. The topological polar surface area (TPSA) is 172 Å². The van der Waals surface area contributed by atoms with E-state index in [4.69, 9.17) is 20.3 Å². The van der Waals surface area contributed by atoms with Gasteiger partial charge in [-0.1, -0.05) is 0 Å². The fraction of sp³-hybridized carbons (Fsp3) is 0.417. The number of carboxylic acids is 1. The number of carbonyl (C=O) groups is 2. The molecule has 0 spiro atoms. The minimum absolute atomic E-state index is 0.0272. The number of ether oxygens (including phenoxy) is 3. The van der Waals surface area contributed by atoms with Gasteiger partial charge < -0.3 is 25.1 Å². The minimum Gasteiger partial charge on any atom is -0.480 e. The van der Waals surface area contributed by atoms with Crippen LogP contribution in [0.25, 0.3) is 11.2 Å². The third kappa shape index (κ3) is 4.76. The maximum Gasteiger partial charge on any atom is 0.332 e. The summed E-state index contributed by atoms with van der Waals surface area (Å²) in [6, 6.07) is 0. The Hall–Kier alpha value is -2.99. The quantitative estimate of drug-likeness (QED) is 0.353. The molecule has 130 valence electrons. The number of H-pyrrole nitrogens is 1. The summed E-state index contributed by atoms with van der Waals surface area (Å²) in [6.07, 6.45) is 1.37. The second kappa shape index (κ2) is 8.03. The first-order valence-electron chi connectivity index (χ1n) is 6.71. The zero-order chi connectivity index (χ0) is 17.5. The van der Waals surface area contributed by atoms with Crippen molar-refractivity contribution in [1.82, 2.24) is 19.5 Å². The lowest BCUT2D eigenvalue weighted by atomic mass is 10.5. The number of anilines is 1. The van der Waals surface area contributed by atoms with Gasteiger partial charge in [0.25, 0.3) is 5.56 Å². The molecule has 0 radical (unpaired) electrons. The van der Waals surface area contributed by atoms with Crippen molar-refractivity contribution in [3.8, 4) is 0 Å². The summed E-state index contributed by atoms with van der Waals surface area (Å²) < 4.78 is 16.1. The number of carbonyl (C=O) groups excluding carboxylic acids is 1. The average molecular weight is 341 g/mol. The molecule has 0 unspecified atom stereocenters. The van der Waals surface area contributed by atoms with Crippen molar-refractivity contribution in [2.75, 3.05) is 32.2 Å². The first-order chi connectivity index (χ1) is 11.5. The fourth-order valence-corrected chi connectivity index (χ4v) is 1.71. The number of hydrogen-bond donors (Lipinski definition) is 3. The van der Waals surface area contributed by atoms with Gasteiger partial charge in [-0.3, -0.25) is 14.3 Å². The Morgan fingerprint density at radius 3 is 2.83 bits per heavy atom. The van der Waals surface area contributed by atoms with E-state index in [0.29, 0.717) is 0 Å². The summed E-state index contributed by atoms with van der Waals surface area (Å²) in [4.78, 5) is 43.2. The van der Waals surface area contributed by atoms with Gasteiger partial charge in [0.2, 0.25) is 5.95 Å². The van der Waals surface area contributed by atoms with Crippen LogP contribution in [-0.2, 0) is 30.5 Å². The normalized spacial score (nSPS) is 10.8. The van der Waals surface area contributed by atoms with Crippen LogP contribution in [0.3, 0.4) is 0 Å². The second-order valence-corrected chi connectivity index (χ2v) is 4.48. The Balaban J connectivity index is 1.72. The van der Waals surface area contributed by atoms with Gasteiger partial charge in [0.15, 0.2) is 11.2 Å². The Kier molecular flexibility index (Phi) is 5.81. The van der Waals surface area contributed by atoms with Crippen molar-refractivity contribution < 1.29 is 28.9 Å². The first-order valence-corrected chi connectivity index (χ1v) is 6.71. The van der Waals surface area contributed by atoms with Gasteiger partial charge in [0.1, 0.15) is 26.6 Å². The molecule has 2 rings (SSSR count). The molecule has 2 heterocycles. The number of rotatable bonds is 9. The number of aliphatic carboxylic acids is 1.